The summed E-state index contributed by atoms with van der Waals surface area (Å²) in [6, 6.07) is 7.92. The molecular formula is C24H26N2O7. The summed E-state index contributed by atoms with van der Waals surface area (Å²) in [5.41, 5.74) is -0.862. The zero-order valence-corrected chi connectivity index (χ0v) is 17.9. The van der Waals surface area contributed by atoms with E-state index in [-0.39, 0.29) is 44.7 Å². The van der Waals surface area contributed by atoms with Gasteiger partial charge in [0.1, 0.15) is 5.75 Å². The number of fused-ring (bicyclic) bond motifs is 3. The average Bonchev–Trinajstić information content (AvgIpc) is 3.27. The van der Waals surface area contributed by atoms with Crippen LogP contribution >= 0.6 is 0 Å². The standard InChI is InChI=1S/C24H26N2O7/c27-11-24(12-28,13-29)25-8-3-4-9-26-10-7-16-19(26)23(33)18-17(22(16)32)20(30)14-5-1-2-6-15(14)21(18)31/h1-2,5-7,10,25,27-29,32-33H,3-4,8-9,11-13H2. The third kappa shape index (κ3) is 3.68. The van der Waals surface area contributed by atoms with Gasteiger partial charge in [0.25, 0.3) is 0 Å². The molecule has 0 radical (unpaired) electrons. The fourth-order valence-electron chi connectivity index (χ4n) is 4.27. The van der Waals surface area contributed by atoms with Gasteiger partial charge in [0.2, 0.25) is 0 Å². The van der Waals surface area contributed by atoms with Gasteiger partial charge in [0, 0.05) is 29.3 Å². The van der Waals surface area contributed by atoms with Crippen molar-refractivity contribution in [2.24, 2.45) is 0 Å². The number of phenolic OH excluding ortho intramolecular Hbond substituents is 2. The number of aliphatic hydroxyl groups is 3. The monoisotopic (exact) mass is 454 g/mol. The first-order chi connectivity index (χ1) is 15.9. The molecule has 0 aliphatic heterocycles. The molecule has 0 saturated carbocycles. The Bertz CT molecular complexity index is 1220. The first-order valence-electron chi connectivity index (χ1n) is 10.7. The number of hydrogen-bond donors (Lipinski definition) is 6. The van der Waals surface area contributed by atoms with Crippen LogP contribution in [0.25, 0.3) is 10.9 Å². The molecule has 3 aromatic rings. The molecule has 9 nitrogen and oxygen atoms in total. The number of aliphatic hydroxyl groups excluding tert-OH is 3. The van der Waals surface area contributed by atoms with Crippen LogP contribution in [-0.4, -0.2) is 73.6 Å². The molecule has 2 aromatic carbocycles. The number of phenols is 2. The number of rotatable bonds is 9. The van der Waals surface area contributed by atoms with Crippen LogP contribution in [0.1, 0.15) is 44.7 Å². The average molecular weight is 454 g/mol. The van der Waals surface area contributed by atoms with E-state index >= 15 is 0 Å². The van der Waals surface area contributed by atoms with E-state index in [1.807, 2.05) is 0 Å². The summed E-state index contributed by atoms with van der Waals surface area (Å²) in [6.07, 6.45) is 2.93. The molecule has 4 rings (SSSR count). The molecule has 0 fully saturated rings. The molecule has 0 bridgehead atoms. The number of nitrogens with zero attached hydrogens (tertiary/aromatic N) is 1. The van der Waals surface area contributed by atoms with Gasteiger partial charge in [-0.25, -0.2) is 0 Å². The molecule has 174 valence electrons. The number of nitrogens with one attached hydrogen (secondary N) is 1. The van der Waals surface area contributed by atoms with Gasteiger partial charge in [-0.2, -0.15) is 0 Å². The maximum absolute atomic E-state index is 13.1. The van der Waals surface area contributed by atoms with Crippen molar-refractivity contribution in [2.45, 2.75) is 24.9 Å². The Morgan fingerprint density at radius 1 is 0.818 bits per heavy atom. The van der Waals surface area contributed by atoms with Crippen molar-refractivity contribution >= 4 is 22.5 Å². The number of aryl methyl sites for hydroxylation is 1. The number of unbranched alkanes of at least 4 members (excludes halogenated alkanes) is 1. The van der Waals surface area contributed by atoms with E-state index in [1.165, 1.54) is 12.1 Å². The Morgan fingerprint density at radius 2 is 1.39 bits per heavy atom. The van der Waals surface area contributed by atoms with Crippen molar-refractivity contribution in [3.63, 3.8) is 0 Å². The fourth-order valence-corrected chi connectivity index (χ4v) is 4.27. The van der Waals surface area contributed by atoms with Gasteiger partial charge < -0.3 is 35.4 Å². The van der Waals surface area contributed by atoms with Crippen LogP contribution in [-0.2, 0) is 6.54 Å². The minimum absolute atomic E-state index is 0.181. The molecule has 33 heavy (non-hydrogen) atoms. The lowest BCUT2D eigenvalue weighted by molar-refractivity contribution is 0.0425. The first-order valence-corrected chi connectivity index (χ1v) is 10.7. The second-order valence-corrected chi connectivity index (χ2v) is 8.31. The van der Waals surface area contributed by atoms with E-state index in [2.05, 4.69) is 5.32 Å². The van der Waals surface area contributed by atoms with Crippen molar-refractivity contribution < 1.29 is 35.1 Å². The van der Waals surface area contributed by atoms with Crippen molar-refractivity contribution in [2.75, 3.05) is 26.4 Å². The van der Waals surface area contributed by atoms with Crippen LogP contribution in [0.2, 0.25) is 0 Å². The maximum Gasteiger partial charge on any atom is 0.198 e. The first kappa shape index (κ1) is 22.9. The normalized spacial score (nSPS) is 13.4. The largest absolute Gasteiger partial charge is 0.506 e. The highest BCUT2D eigenvalue weighted by Gasteiger charge is 2.36. The summed E-state index contributed by atoms with van der Waals surface area (Å²) in [5, 5.41) is 53.2. The van der Waals surface area contributed by atoms with Crippen molar-refractivity contribution in [1.82, 2.24) is 9.88 Å². The van der Waals surface area contributed by atoms with Gasteiger partial charge in [0.05, 0.1) is 42.0 Å². The van der Waals surface area contributed by atoms with Gasteiger partial charge in [-0.05, 0) is 25.5 Å². The summed E-state index contributed by atoms with van der Waals surface area (Å²) in [4.78, 5) is 26.1. The van der Waals surface area contributed by atoms with Gasteiger partial charge in [-0.3, -0.25) is 9.59 Å². The van der Waals surface area contributed by atoms with Gasteiger partial charge in [-0.1, -0.05) is 24.3 Å². The summed E-state index contributed by atoms with van der Waals surface area (Å²) in [5.74, 6) is -1.69. The molecule has 6 N–H and O–H groups in total. The molecule has 1 aliphatic rings. The lowest BCUT2D eigenvalue weighted by Crippen LogP contribution is -2.55. The predicted molar refractivity (Wildman–Crippen MR) is 120 cm³/mol. The highest BCUT2D eigenvalue weighted by atomic mass is 16.3. The van der Waals surface area contributed by atoms with E-state index < -0.39 is 36.9 Å². The number of ketones is 2. The Balaban J connectivity index is 1.60. The molecule has 1 aromatic heterocycles. The van der Waals surface area contributed by atoms with E-state index in [0.29, 0.717) is 25.9 Å². The van der Waals surface area contributed by atoms with Gasteiger partial charge in [0.15, 0.2) is 17.3 Å². The number of carbonyl (C=O) groups excluding carboxylic acids is 2. The maximum atomic E-state index is 13.1. The van der Waals surface area contributed by atoms with E-state index in [1.54, 1.807) is 29.0 Å². The minimum atomic E-state index is -1.15. The van der Waals surface area contributed by atoms with Crippen LogP contribution in [0.5, 0.6) is 11.5 Å². The Hall–Kier alpha value is -3.24. The second-order valence-electron chi connectivity index (χ2n) is 8.31. The Labute approximate surface area is 189 Å². The van der Waals surface area contributed by atoms with Crippen LogP contribution in [0.3, 0.4) is 0 Å². The second kappa shape index (κ2) is 8.95. The highest BCUT2D eigenvalue weighted by molar-refractivity contribution is 6.32. The topological polar surface area (TPSA) is 152 Å². The van der Waals surface area contributed by atoms with Gasteiger partial charge >= 0.3 is 0 Å². The summed E-state index contributed by atoms with van der Waals surface area (Å²) < 4.78 is 1.71. The zero-order valence-electron chi connectivity index (χ0n) is 17.9. The molecule has 0 atom stereocenters. The molecule has 0 spiro atoms. The zero-order chi connectivity index (χ0) is 23.8. The van der Waals surface area contributed by atoms with Crippen molar-refractivity contribution in [3.8, 4) is 11.5 Å². The predicted octanol–water partition coefficient (Wildman–Crippen LogP) is 0.913. The summed E-state index contributed by atoms with van der Waals surface area (Å²) in [6.45, 7) is -0.347. The summed E-state index contributed by atoms with van der Waals surface area (Å²) in [7, 11) is 0. The van der Waals surface area contributed by atoms with E-state index in [0.717, 1.165) is 0 Å². The SMILES string of the molecule is O=C1c2ccccc2C(=O)c2c1c(O)c1ccn(CCCCNC(CO)(CO)CO)c1c2O. The molecule has 0 unspecified atom stereocenters. The van der Waals surface area contributed by atoms with Crippen LogP contribution in [0.15, 0.2) is 36.5 Å². The minimum Gasteiger partial charge on any atom is -0.506 e. The molecule has 1 heterocycles. The van der Waals surface area contributed by atoms with Crippen LogP contribution < -0.4 is 5.32 Å². The van der Waals surface area contributed by atoms with Crippen molar-refractivity contribution in [3.05, 3.63) is 58.8 Å². The fraction of sp³-hybridized carbons (Fsp3) is 0.333. The molecule has 0 amide bonds. The number of aromatic hydroxyl groups is 2. The van der Waals surface area contributed by atoms with Crippen LogP contribution in [0.4, 0.5) is 0 Å². The lowest BCUT2D eigenvalue weighted by atomic mass is 9.82. The number of benzene rings is 2. The lowest BCUT2D eigenvalue weighted by Gasteiger charge is -2.28. The van der Waals surface area contributed by atoms with E-state index in [4.69, 9.17) is 0 Å². The Morgan fingerprint density at radius 3 is 1.97 bits per heavy atom. The molecular weight excluding hydrogens is 428 g/mol. The van der Waals surface area contributed by atoms with Gasteiger partial charge in [-0.15, -0.1) is 0 Å². The van der Waals surface area contributed by atoms with Crippen molar-refractivity contribution in [1.29, 1.82) is 0 Å². The molecule has 9 heteroatoms. The Kier molecular flexibility index (Phi) is 6.22. The number of carbonyl (C=O) groups is 2. The third-order valence-corrected chi connectivity index (χ3v) is 6.27. The van der Waals surface area contributed by atoms with Crippen LogP contribution in [0, 0.1) is 0 Å². The number of hydrogen-bond acceptors (Lipinski definition) is 8. The number of aromatic nitrogens is 1. The smallest absolute Gasteiger partial charge is 0.198 e. The molecule has 1 aliphatic carbocycles. The van der Waals surface area contributed by atoms with E-state index in [9.17, 15) is 35.1 Å². The molecule has 0 saturated heterocycles. The quantitative estimate of drug-likeness (QED) is 0.161. The summed E-state index contributed by atoms with van der Waals surface area (Å²) >= 11 is 0. The third-order valence-electron chi connectivity index (χ3n) is 6.27. The highest BCUT2D eigenvalue weighted by Crippen LogP contribution is 2.44.